The van der Waals surface area contributed by atoms with Crippen LogP contribution in [0.4, 0.5) is 23.4 Å². The highest BCUT2D eigenvalue weighted by Crippen LogP contribution is 2.30. The lowest BCUT2D eigenvalue weighted by atomic mass is 10.00. The molecular weight excluding hydrogens is 712 g/mol. The number of ether oxygens (including phenoxy) is 1. The van der Waals surface area contributed by atoms with E-state index in [2.05, 4.69) is 36.2 Å². The minimum atomic E-state index is -4.83. The lowest BCUT2D eigenvalue weighted by Gasteiger charge is -2.34. The highest BCUT2D eigenvalue weighted by atomic mass is 19.4. The van der Waals surface area contributed by atoms with E-state index in [9.17, 15) is 22.8 Å². The zero-order valence-electron chi connectivity index (χ0n) is 29.9. The van der Waals surface area contributed by atoms with Gasteiger partial charge in [-0.15, -0.1) is 13.2 Å². The molecule has 284 valence electrons. The molecule has 0 atom stereocenters. The van der Waals surface area contributed by atoms with Crippen molar-refractivity contribution in [2.75, 3.05) is 31.1 Å². The molecule has 2 saturated heterocycles. The molecule has 5 aromatic rings. The summed E-state index contributed by atoms with van der Waals surface area (Å²) in [7, 11) is 0. The zero-order valence-corrected chi connectivity index (χ0v) is 29.9. The molecular formula is C42H40F4N6O3. The minimum absolute atomic E-state index is 0.0782. The smallest absolute Gasteiger partial charge is 0.406 e. The van der Waals surface area contributed by atoms with Crippen LogP contribution in [-0.2, 0) is 6.54 Å². The molecule has 0 radical (unpaired) electrons. The van der Waals surface area contributed by atoms with E-state index in [0.717, 1.165) is 73.7 Å². The van der Waals surface area contributed by atoms with Gasteiger partial charge < -0.3 is 20.3 Å². The molecule has 3 aromatic carbocycles. The Kier molecular flexibility index (Phi) is 11.4. The van der Waals surface area contributed by atoms with Gasteiger partial charge in [0.25, 0.3) is 11.8 Å². The molecule has 0 spiro atoms. The number of carbonyl (C=O) groups excluding carboxylic acids is 2. The third-order valence-corrected chi connectivity index (χ3v) is 10.1. The van der Waals surface area contributed by atoms with Crippen LogP contribution in [0.1, 0.15) is 52.0 Å². The molecule has 2 aliphatic rings. The van der Waals surface area contributed by atoms with Crippen LogP contribution in [-0.4, -0.2) is 71.3 Å². The van der Waals surface area contributed by atoms with E-state index in [4.69, 9.17) is 4.98 Å². The van der Waals surface area contributed by atoms with Gasteiger partial charge in [-0.2, -0.15) is 0 Å². The lowest BCUT2D eigenvalue weighted by Crippen LogP contribution is -2.45. The van der Waals surface area contributed by atoms with Crippen LogP contribution in [0, 0.1) is 5.82 Å². The molecule has 13 heteroatoms. The lowest BCUT2D eigenvalue weighted by molar-refractivity contribution is -0.274. The number of aromatic nitrogens is 2. The van der Waals surface area contributed by atoms with Crippen molar-refractivity contribution >= 4 is 17.6 Å². The fraction of sp³-hybridized carbons (Fsp3) is 0.286. The quantitative estimate of drug-likeness (QED) is 0.142. The number of benzene rings is 3. The minimum Gasteiger partial charge on any atom is -0.406 e. The summed E-state index contributed by atoms with van der Waals surface area (Å²) in [4.78, 5) is 39.6. The molecule has 0 aliphatic carbocycles. The number of nitrogens with one attached hydrogen (secondary N) is 2. The molecule has 9 nitrogen and oxygen atoms in total. The second-order valence-corrected chi connectivity index (χ2v) is 13.8. The van der Waals surface area contributed by atoms with E-state index in [-0.39, 0.29) is 29.1 Å². The number of anilines is 1. The Bertz CT molecular complexity index is 2080. The number of piperidine rings is 2. The van der Waals surface area contributed by atoms with Gasteiger partial charge in [0, 0.05) is 80.1 Å². The summed E-state index contributed by atoms with van der Waals surface area (Å²) < 4.78 is 56.9. The standard InChI is InChI=1S/C42H40F4N6O3/c43-39-36(29-10-12-35(13-11-29)55-42(44,45)46)7-2-8-37(39)41(54)50-33-15-20-51(21-16-33)27-28-9-14-38(48-25-28)52-22-17-34(18-23-52)49-40(53)31-5-1-4-30(24-31)32-6-3-19-47-26-32/h1-14,19,24-26,33-34H,15-18,20-23,27H2,(H,49,53)(H,50,54). The largest absolute Gasteiger partial charge is 0.573 e. The normalized spacial score (nSPS) is 15.7. The first-order valence-electron chi connectivity index (χ1n) is 18.3. The third-order valence-electron chi connectivity index (χ3n) is 10.1. The second kappa shape index (κ2) is 16.7. The van der Waals surface area contributed by atoms with Crippen LogP contribution in [0.3, 0.4) is 0 Å². The Morgan fingerprint density at radius 3 is 2.11 bits per heavy atom. The zero-order chi connectivity index (χ0) is 38.4. The van der Waals surface area contributed by atoms with E-state index in [1.165, 1.54) is 24.3 Å². The van der Waals surface area contributed by atoms with Gasteiger partial charge in [0.15, 0.2) is 0 Å². The first-order valence-corrected chi connectivity index (χ1v) is 18.3. The number of pyridine rings is 2. The number of hydrogen-bond acceptors (Lipinski definition) is 7. The van der Waals surface area contributed by atoms with E-state index >= 15 is 4.39 Å². The first-order chi connectivity index (χ1) is 26.6. The summed E-state index contributed by atoms with van der Waals surface area (Å²) >= 11 is 0. The van der Waals surface area contributed by atoms with Gasteiger partial charge in [0.05, 0.1) is 5.56 Å². The fourth-order valence-corrected chi connectivity index (χ4v) is 7.12. The van der Waals surface area contributed by atoms with Crippen LogP contribution in [0.25, 0.3) is 22.3 Å². The molecule has 2 N–H and O–H groups in total. The third kappa shape index (κ3) is 9.65. The van der Waals surface area contributed by atoms with Crippen molar-refractivity contribution in [2.24, 2.45) is 0 Å². The van der Waals surface area contributed by atoms with Crippen LogP contribution in [0.15, 0.2) is 110 Å². The molecule has 55 heavy (non-hydrogen) atoms. The molecule has 0 bridgehead atoms. The topological polar surface area (TPSA) is 99.7 Å². The van der Waals surface area contributed by atoms with Gasteiger partial charge in [0.1, 0.15) is 17.4 Å². The van der Waals surface area contributed by atoms with E-state index in [1.54, 1.807) is 18.5 Å². The predicted octanol–water partition coefficient (Wildman–Crippen LogP) is 7.64. The molecule has 2 aliphatic heterocycles. The number of likely N-dealkylation sites (tertiary alicyclic amines) is 1. The van der Waals surface area contributed by atoms with Crippen molar-refractivity contribution in [1.29, 1.82) is 0 Å². The average Bonchev–Trinajstić information content (AvgIpc) is 3.19. The van der Waals surface area contributed by atoms with Gasteiger partial charge in [-0.3, -0.25) is 19.5 Å². The highest BCUT2D eigenvalue weighted by molar-refractivity contribution is 5.96. The Hall–Kier alpha value is -5.82. The Morgan fingerprint density at radius 1 is 0.745 bits per heavy atom. The number of amides is 2. The van der Waals surface area contributed by atoms with Crippen LogP contribution < -0.4 is 20.3 Å². The number of carbonyl (C=O) groups is 2. The van der Waals surface area contributed by atoms with Crippen molar-refractivity contribution in [2.45, 2.75) is 50.7 Å². The van der Waals surface area contributed by atoms with Crippen LogP contribution in [0.5, 0.6) is 5.75 Å². The molecule has 0 unspecified atom stereocenters. The molecule has 7 rings (SSSR count). The first kappa shape index (κ1) is 37.5. The van der Waals surface area contributed by atoms with Crippen LogP contribution >= 0.6 is 0 Å². The predicted molar refractivity (Wildman–Crippen MR) is 201 cm³/mol. The monoisotopic (exact) mass is 752 g/mol. The summed E-state index contributed by atoms with van der Waals surface area (Å²) in [6.07, 6.45) is 3.61. The van der Waals surface area contributed by atoms with Gasteiger partial charge in [-0.1, -0.05) is 48.5 Å². The summed E-state index contributed by atoms with van der Waals surface area (Å²) in [5, 5.41) is 6.16. The molecule has 2 fully saturated rings. The van der Waals surface area contributed by atoms with Crippen molar-refractivity contribution in [1.82, 2.24) is 25.5 Å². The van der Waals surface area contributed by atoms with Gasteiger partial charge >= 0.3 is 6.36 Å². The maximum absolute atomic E-state index is 15.5. The van der Waals surface area contributed by atoms with E-state index in [1.807, 2.05) is 48.7 Å². The summed E-state index contributed by atoms with van der Waals surface area (Å²) in [6, 6.07) is 24.8. The SMILES string of the molecule is O=C(NC1CCN(c2ccc(CN3CCC(NC(=O)c4cccc(-c5ccc(OC(F)(F)F)cc5)c4F)CC3)cn2)CC1)c1cccc(-c2cccnc2)c1. The maximum Gasteiger partial charge on any atom is 0.573 e. The summed E-state index contributed by atoms with van der Waals surface area (Å²) in [6.45, 7) is 3.78. The van der Waals surface area contributed by atoms with Crippen molar-refractivity contribution in [3.8, 4) is 28.0 Å². The number of hydrogen-bond donors (Lipinski definition) is 2. The van der Waals surface area contributed by atoms with Crippen molar-refractivity contribution in [3.63, 3.8) is 0 Å². The highest BCUT2D eigenvalue weighted by Gasteiger charge is 2.31. The molecule has 0 saturated carbocycles. The van der Waals surface area contributed by atoms with E-state index in [0.29, 0.717) is 30.5 Å². The van der Waals surface area contributed by atoms with Crippen LogP contribution in [0.2, 0.25) is 0 Å². The Morgan fingerprint density at radius 2 is 1.44 bits per heavy atom. The molecule has 2 amide bonds. The molecule has 4 heterocycles. The average molecular weight is 753 g/mol. The van der Waals surface area contributed by atoms with Crippen molar-refractivity contribution < 1.29 is 31.9 Å². The van der Waals surface area contributed by atoms with Gasteiger partial charge in [-0.25, -0.2) is 9.37 Å². The van der Waals surface area contributed by atoms with Gasteiger partial charge in [0.2, 0.25) is 0 Å². The number of halogens is 4. The molecule has 2 aromatic heterocycles. The fourth-order valence-electron chi connectivity index (χ4n) is 7.12. The Balaban J connectivity index is 0.848. The number of rotatable bonds is 10. The Labute approximate surface area is 316 Å². The van der Waals surface area contributed by atoms with Gasteiger partial charge in [-0.05, 0) is 84.8 Å². The summed E-state index contributed by atoms with van der Waals surface area (Å²) in [5.41, 5.74) is 3.93. The number of alkyl halides is 3. The summed E-state index contributed by atoms with van der Waals surface area (Å²) in [5.74, 6) is -0.865. The number of nitrogens with zero attached hydrogens (tertiary/aromatic N) is 4. The van der Waals surface area contributed by atoms with Crippen molar-refractivity contribution in [3.05, 3.63) is 132 Å². The van der Waals surface area contributed by atoms with E-state index < -0.39 is 23.8 Å². The second-order valence-electron chi connectivity index (χ2n) is 13.8. The maximum atomic E-state index is 15.5.